The first-order chi connectivity index (χ1) is 7.50. The van der Waals surface area contributed by atoms with Crippen LogP contribution >= 0.6 is 0 Å². The van der Waals surface area contributed by atoms with Gasteiger partial charge in [-0.15, -0.1) is 0 Å². The van der Waals surface area contributed by atoms with Crippen molar-refractivity contribution in [2.45, 2.75) is 46.0 Å². The smallest absolute Gasteiger partial charge is 0.122 e. The van der Waals surface area contributed by atoms with E-state index in [1.54, 1.807) is 0 Å². The van der Waals surface area contributed by atoms with Gasteiger partial charge in [0.25, 0.3) is 0 Å². The first kappa shape index (κ1) is 11.3. The van der Waals surface area contributed by atoms with E-state index >= 15 is 0 Å². The number of allylic oxidation sites excluding steroid dienone is 2. The molecular formula is C15H20O. The summed E-state index contributed by atoms with van der Waals surface area (Å²) in [6.07, 6.45) is 3.40. The van der Waals surface area contributed by atoms with Crippen molar-refractivity contribution in [1.29, 1.82) is 0 Å². The average molecular weight is 216 g/mol. The van der Waals surface area contributed by atoms with Crippen molar-refractivity contribution in [1.82, 2.24) is 0 Å². The van der Waals surface area contributed by atoms with Gasteiger partial charge in [0.05, 0.1) is 0 Å². The van der Waals surface area contributed by atoms with Crippen molar-refractivity contribution in [3.63, 3.8) is 0 Å². The molecule has 1 aliphatic rings. The van der Waals surface area contributed by atoms with E-state index in [2.05, 4.69) is 32.9 Å². The van der Waals surface area contributed by atoms with Crippen LogP contribution in [0.1, 0.15) is 55.7 Å². The summed E-state index contributed by atoms with van der Waals surface area (Å²) in [6.45, 7) is 8.45. The summed E-state index contributed by atoms with van der Waals surface area (Å²) in [5.74, 6) is 1.46. The molecule has 1 heteroatoms. The van der Waals surface area contributed by atoms with Crippen LogP contribution in [0.3, 0.4) is 0 Å². The highest BCUT2D eigenvalue weighted by atomic mass is 16.3. The minimum absolute atomic E-state index is 0.398. The fraction of sp³-hybridized carbons (Fsp3) is 0.467. The van der Waals surface area contributed by atoms with Crippen LogP contribution in [-0.4, -0.2) is 5.11 Å². The molecule has 1 N–H and O–H groups in total. The molecule has 1 aromatic carbocycles. The summed E-state index contributed by atoms with van der Waals surface area (Å²) >= 11 is 0. The van der Waals surface area contributed by atoms with Gasteiger partial charge < -0.3 is 5.11 Å². The number of rotatable bonds is 1. The van der Waals surface area contributed by atoms with Gasteiger partial charge in [0, 0.05) is 11.5 Å². The number of hydrogen-bond acceptors (Lipinski definition) is 1. The van der Waals surface area contributed by atoms with Crippen LogP contribution in [0.2, 0.25) is 0 Å². The molecule has 0 fully saturated rings. The first-order valence-electron chi connectivity index (χ1n) is 5.98. The van der Waals surface area contributed by atoms with Crippen molar-refractivity contribution >= 4 is 0 Å². The molecular weight excluding hydrogens is 196 g/mol. The summed E-state index contributed by atoms with van der Waals surface area (Å²) in [6, 6.07) is 4.20. The Hall–Kier alpha value is -1.24. The highest BCUT2D eigenvalue weighted by Gasteiger charge is 2.29. The largest absolute Gasteiger partial charge is 0.507 e. The van der Waals surface area contributed by atoms with Crippen LogP contribution in [0.15, 0.2) is 23.8 Å². The maximum Gasteiger partial charge on any atom is 0.122 e. The Morgan fingerprint density at radius 2 is 2.06 bits per heavy atom. The Labute approximate surface area is 97.8 Å². The molecule has 0 bridgehead atoms. The maximum absolute atomic E-state index is 10.2. The van der Waals surface area contributed by atoms with Gasteiger partial charge >= 0.3 is 0 Å². The van der Waals surface area contributed by atoms with Crippen LogP contribution in [0.5, 0.6) is 5.75 Å². The van der Waals surface area contributed by atoms with Crippen molar-refractivity contribution < 1.29 is 5.11 Å². The summed E-state index contributed by atoms with van der Waals surface area (Å²) in [4.78, 5) is 0. The third-order valence-corrected chi connectivity index (χ3v) is 3.50. The fourth-order valence-corrected chi connectivity index (χ4v) is 2.73. The lowest BCUT2D eigenvalue weighted by Crippen LogP contribution is -1.92. The number of aromatic hydroxyl groups is 1. The molecule has 0 aliphatic heterocycles. The van der Waals surface area contributed by atoms with Crippen LogP contribution in [0, 0.1) is 6.92 Å². The Bertz CT molecular complexity index is 439. The van der Waals surface area contributed by atoms with Gasteiger partial charge in [0.15, 0.2) is 0 Å². The average Bonchev–Trinajstić information content (AvgIpc) is 2.49. The molecule has 2 atom stereocenters. The SMILES string of the molecule is CC(C)=CC1CC(C)c2ccc(C)c(O)c21. The summed E-state index contributed by atoms with van der Waals surface area (Å²) in [5, 5.41) is 10.2. The van der Waals surface area contributed by atoms with E-state index in [0.29, 0.717) is 17.6 Å². The topological polar surface area (TPSA) is 20.2 Å². The minimum atomic E-state index is 0.398. The van der Waals surface area contributed by atoms with E-state index in [1.807, 2.05) is 13.0 Å². The van der Waals surface area contributed by atoms with Gasteiger partial charge in [-0.25, -0.2) is 0 Å². The number of fused-ring (bicyclic) bond motifs is 1. The highest BCUT2D eigenvalue weighted by molar-refractivity contribution is 5.52. The zero-order valence-electron chi connectivity index (χ0n) is 10.5. The van der Waals surface area contributed by atoms with Crippen LogP contribution in [-0.2, 0) is 0 Å². The van der Waals surface area contributed by atoms with Crippen LogP contribution < -0.4 is 0 Å². The molecule has 0 spiro atoms. The molecule has 1 aromatic rings. The number of aryl methyl sites for hydroxylation is 1. The molecule has 0 aromatic heterocycles. The predicted molar refractivity (Wildman–Crippen MR) is 68.0 cm³/mol. The summed E-state index contributed by atoms with van der Waals surface area (Å²) in [7, 11) is 0. The molecule has 16 heavy (non-hydrogen) atoms. The Kier molecular flexibility index (Phi) is 2.79. The van der Waals surface area contributed by atoms with E-state index in [0.717, 1.165) is 17.5 Å². The van der Waals surface area contributed by atoms with Crippen LogP contribution in [0.25, 0.3) is 0 Å². The quantitative estimate of drug-likeness (QED) is 0.695. The van der Waals surface area contributed by atoms with Gasteiger partial charge in [-0.3, -0.25) is 0 Å². The molecule has 0 saturated carbocycles. The lowest BCUT2D eigenvalue weighted by Gasteiger charge is -2.11. The van der Waals surface area contributed by atoms with E-state index in [1.165, 1.54) is 11.1 Å². The van der Waals surface area contributed by atoms with Crippen LogP contribution in [0.4, 0.5) is 0 Å². The number of phenolic OH excluding ortho intramolecular Hbond substituents is 1. The second-order valence-electron chi connectivity index (χ2n) is 5.22. The third kappa shape index (κ3) is 1.75. The molecule has 86 valence electrons. The molecule has 1 nitrogen and oxygen atoms in total. The lowest BCUT2D eigenvalue weighted by molar-refractivity contribution is 0.462. The van der Waals surface area contributed by atoms with Crippen molar-refractivity contribution in [3.05, 3.63) is 40.5 Å². The number of phenols is 1. The van der Waals surface area contributed by atoms with Crippen molar-refractivity contribution in [2.75, 3.05) is 0 Å². The van der Waals surface area contributed by atoms with E-state index in [4.69, 9.17) is 0 Å². The summed E-state index contributed by atoms with van der Waals surface area (Å²) < 4.78 is 0. The Balaban J connectivity index is 2.55. The molecule has 0 heterocycles. The zero-order chi connectivity index (χ0) is 11.9. The predicted octanol–water partition coefficient (Wildman–Crippen LogP) is 4.26. The molecule has 0 saturated heterocycles. The monoisotopic (exact) mass is 216 g/mol. The first-order valence-corrected chi connectivity index (χ1v) is 5.98. The van der Waals surface area contributed by atoms with Crippen molar-refractivity contribution in [2.24, 2.45) is 0 Å². The number of benzene rings is 1. The van der Waals surface area contributed by atoms with Gasteiger partial charge in [-0.1, -0.05) is 30.7 Å². The van der Waals surface area contributed by atoms with Gasteiger partial charge in [-0.2, -0.15) is 0 Å². The van der Waals surface area contributed by atoms with E-state index in [9.17, 15) is 5.11 Å². The van der Waals surface area contributed by atoms with Gasteiger partial charge in [0.2, 0.25) is 0 Å². The summed E-state index contributed by atoms with van der Waals surface area (Å²) in [5.41, 5.74) is 4.80. The third-order valence-electron chi connectivity index (χ3n) is 3.50. The zero-order valence-corrected chi connectivity index (χ0v) is 10.5. The second-order valence-corrected chi connectivity index (χ2v) is 5.22. The van der Waals surface area contributed by atoms with Gasteiger partial charge in [-0.05, 0) is 44.2 Å². The molecule has 1 aliphatic carbocycles. The Morgan fingerprint density at radius 3 is 2.69 bits per heavy atom. The minimum Gasteiger partial charge on any atom is -0.507 e. The van der Waals surface area contributed by atoms with E-state index in [-0.39, 0.29) is 0 Å². The van der Waals surface area contributed by atoms with Crippen molar-refractivity contribution in [3.8, 4) is 5.75 Å². The fourth-order valence-electron chi connectivity index (χ4n) is 2.73. The van der Waals surface area contributed by atoms with E-state index < -0.39 is 0 Å². The highest BCUT2D eigenvalue weighted by Crippen LogP contribution is 2.47. The molecule has 2 rings (SSSR count). The molecule has 2 unspecified atom stereocenters. The Morgan fingerprint density at radius 1 is 1.38 bits per heavy atom. The second kappa shape index (κ2) is 3.97. The molecule has 0 radical (unpaired) electrons. The normalized spacial score (nSPS) is 23.0. The van der Waals surface area contributed by atoms with Gasteiger partial charge in [0.1, 0.15) is 5.75 Å². The molecule has 0 amide bonds. The maximum atomic E-state index is 10.2. The number of hydrogen-bond donors (Lipinski definition) is 1. The standard InChI is InChI=1S/C15H20O/c1-9(2)7-12-8-11(4)13-6-5-10(3)15(16)14(12)13/h5-7,11-12,16H,8H2,1-4H3. The lowest BCUT2D eigenvalue weighted by atomic mass is 9.96.